The van der Waals surface area contributed by atoms with Gasteiger partial charge in [-0.05, 0) is 29.5 Å². The summed E-state index contributed by atoms with van der Waals surface area (Å²) in [5, 5.41) is 10.8. The fourth-order valence-electron chi connectivity index (χ4n) is 3.99. The molecular formula is C27H30O4. The molecule has 3 aromatic carbocycles. The fourth-order valence-corrected chi connectivity index (χ4v) is 3.99. The minimum atomic E-state index is -0.582. The van der Waals surface area contributed by atoms with E-state index in [1.807, 2.05) is 78.9 Å². The van der Waals surface area contributed by atoms with E-state index in [9.17, 15) is 5.11 Å². The molecule has 4 rings (SSSR count). The summed E-state index contributed by atoms with van der Waals surface area (Å²) in [5.41, 5.74) is 3.28. The molecule has 4 atom stereocenters. The van der Waals surface area contributed by atoms with E-state index in [0.717, 1.165) is 23.1 Å². The van der Waals surface area contributed by atoms with Crippen LogP contribution in [0.5, 0.6) is 0 Å². The SMILES string of the molecule is OC1CC[C@H](OCc2ccccc2)[C@H](OCc2ccccc2)[C@@H]1OCc1ccccc1. The molecule has 1 fully saturated rings. The van der Waals surface area contributed by atoms with Crippen molar-refractivity contribution in [3.8, 4) is 0 Å². The Labute approximate surface area is 184 Å². The van der Waals surface area contributed by atoms with E-state index in [4.69, 9.17) is 14.2 Å². The van der Waals surface area contributed by atoms with Gasteiger partial charge in [-0.15, -0.1) is 0 Å². The third kappa shape index (κ3) is 6.25. The van der Waals surface area contributed by atoms with Crippen LogP contribution in [0.1, 0.15) is 29.5 Å². The van der Waals surface area contributed by atoms with Gasteiger partial charge in [0, 0.05) is 0 Å². The number of aliphatic hydroxyl groups is 1. The molecule has 0 aromatic heterocycles. The van der Waals surface area contributed by atoms with E-state index < -0.39 is 12.2 Å². The van der Waals surface area contributed by atoms with Crippen molar-refractivity contribution >= 4 is 0 Å². The highest BCUT2D eigenvalue weighted by atomic mass is 16.6. The lowest BCUT2D eigenvalue weighted by atomic mass is 9.89. The van der Waals surface area contributed by atoms with Crippen LogP contribution in [0.3, 0.4) is 0 Å². The molecule has 1 aliphatic carbocycles. The molecular weight excluding hydrogens is 388 g/mol. The van der Waals surface area contributed by atoms with Crippen LogP contribution in [0.15, 0.2) is 91.0 Å². The third-order valence-corrected chi connectivity index (χ3v) is 5.69. The summed E-state index contributed by atoms with van der Waals surface area (Å²) in [4.78, 5) is 0. The standard InChI is InChI=1S/C27H30O4/c28-24-16-17-25(29-18-21-10-4-1-5-11-21)27(31-20-23-14-8-3-9-15-23)26(24)30-19-22-12-6-2-7-13-22/h1-15,24-28H,16-20H2/t24?,25-,26+,27-/m0/s1. The predicted molar refractivity (Wildman–Crippen MR) is 120 cm³/mol. The quantitative estimate of drug-likeness (QED) is 0.537. The molecule has 1 N–H and O–H groups in total. The van der Waals surface area contributed by atoms with E-state index >= 15 is 0 Å². The van der Waals surface area contributed by atoms with Gasteiger partial charge in [-0.2, -0.15) is 0 Å². The van der Waals surface area contributed by atoms with Crippen molar-refractivity contribution in [2.45, 2.75) is 57.1 Å². The summed E-state index contributed by atoms with van der Waals surface area (Å²) in [6.07, 6.45) is -0.160. The maximum absolute atomic E-state index is 10.8. The minimum Gasteiger partial charge on any atom is -0.390 e. The second-order valence-electron chi connectivity index (χ2n) is 8.00. The number of hydrogen-bond donors (Lipinski definition) is 1. The normalized spacial score (nSPS) is 23.5. The highest BCUT2D eigenvalue weighted by Gasteiger charge is 2.41. The summed E-state index contributed by atoms with van der Waals surface area (Å²) in [6.45, 7) is 1.39. The van der Waals surface area contributed by atoms with Crippen molar-refractivity contribution in [3.63, 3.8) is 0 Å². The minimum absolute atomic E-state index is 0.145. The van der Waals surface area contributed by atoms with Crippen molar-refractivity contribution in [2.24, 2.45) is 0 Å². The van der Waals surface area contributed by atoms with Crippen molar-refractivity contribution in [1.29, 1.82) is 0 Å². The molecule has 31 heavy (non-hydrogen) atoms. The zero-order chi connectivity index (χ0) is 21.3. The van der Waals surface area contributed by atoms with Gasteiger partial charge in [-0.3, -0.25) is 0 Å². The summed E-state index contributed by atoms with van der Waals surface area (Å²) in [5.74, 6) is 0. The van der Waals surface area contributed by atoms with Crippen LogP contribution >= 0.6 is 0 Å². The fraction of sp³-hybridized carbons (Fsp3) is 0.333. The van der Waals surface area contributed by atoms with Crippen molar-refractivity contribution < 1.29 is 19.3 Å². The monoisotopic (exact) mass is 418 g/mol. The summed E-state index contributed by atoms with van der Waals surface area (Å²) in [7, 11) is 0. The molecule has 0 heterocycles. The Bertz CT molecular complexity index is 885. The molecule has 162 valence electrons. The van der Waals surface area contributed by atoms with Crippen LogP contribution in [0.4, 0.5) is 0 Å². The topological polar surface area (TPSA) is 47.9 Å². The van der Waals surface area contributed by atoms with Crippen molar-refractivity contribution in [1.82, 2.24) is 0 Å². The van der Waals surface area contributed by atoms with Gasteiger partial charge in [0.2, 0.25) is 0 Å². The number of aliphatic hydroxyl groups excluding tert-OH is 1. The van der Waals surface area contributed by atoms with Crippen LogP contribution in [0.25, 0.3) is 0 Å². The smallest absolute Gasteiger partial charge is 0.113 e. The number of rotatable bonds is 9. The molecule has 0 amide bonds. The molecule has 0 saturated heterocycles. The molecule has 0 aliphatic heterocycles. The lowest BCUT2D eigenvalue weighted by Gasteiger charge is -2.40. The van der Waals surface area contributed by atoms with E-state index in [-0.39, 0.29) is 12.2 Å². The Balaban J connectivity index is 1.46. The lowest BCUT2D eigenvalue weighted by Crippen LogP contribution is -2.52. The first-order valence-corrected chi connectivity index (χ1v) is 10.9. The first-order valence-electron chi connectivity index (χ1n) is 10.9. The van der Waals surface area contributed by atoms with Gasteiger partial charge < -0.3 is 19.3 Å². The van der Waals surface area contributed by atoms with Crippen LogP contribution < -0.4 is 0 Å². The second kappa shape index (κ2) is 11.2. The van der Waals surface area contributed by atoms with Crippen LogP contribution in [-0.4, -0.2) is 29.5 Å². The lowest BCUT2D eigenvalue weighted by molar-refractivity contribution is -0.201. The van der Waals surface area contributed by atoms with Gasteiger partial charge in [-0.1, -0.05) is 91.0 Å². The molecule has 1 unspecified atom stereocenters. The van der Waals surface area contributed by atoms with Gasteiger partial charge in [-0.25, -0.2) is 0 Å². The largest absolute Gasteiger partial charge is 0.390 e. The third-order valence-electron chi connectivity index (χ3n) is 5.69. The Hall–Kier alpha value is -2.50. The molecule has 1 aliphatic rings. The van der Waals surface area contributed by atoms with Crippen LogP contribution in [-0.2, 0) is 34.0 Å². The maximum Gasteiger partial charge on any atom is 0.113 e. The zero-order valence-electron chi connectivity index (χ0n) is 17.7. The molecule has 0 spiro atoms. The van der Waals surface area contributed by atoms with E-state index in [1.54, 1.807) is 0 Å². The molecule has 4 heteroatoms. The average molecular weight is 419 g/mol. The number of ether oxygens (including phenoxy) is 3. The van der Waals surface area contributed by atoms with E-state index in [0.29, 0.717) is 26.2 Å². The highest BCUT2D eigenvalue weighted by molar-refractivity contribution is 5.15. The highest BCUT2D eigenvalue weighted by Crippen LogP contribution is 2.29. The summed E-state index contributed by atoms with van der Waals surface area (Å²) >= 11 is 0. The Morgan fingerprint density at radius 1 is 0.548 bits per heavy atom. The van der Waals surface area contributed by atoms with Gasteiger partial charge in [0.15, 0.2) is 0 Å². The molecule has 4 nitrogen and oxygen atoms in total. The van der Waals surface area contributed by atoms with E-state index in [2.05, 4.69) is 12.1 Å². The summed E-state index contributed by atoms with van der Waals surface area (Å²) in [6, 6.07) is 30.2. The molecule has 0 bridgehead atoms. The molecule has 1 saturated carbocycles. The van der Waals surface area contributed by atoms with Gasteiger partial charge in [0.25, 0.3) is 0 Å². The number of benzene rings is 3. The predicted octanol–water partition coefficient (Wildman–Crippen LogP) is 4.90. The van der Waals surface area contributed by atoms with Gasteiger partial charge in [0.05, 0.1) is 32.0 Å². The Kier molecular flexibility index (Phi) is 7.86. The van der Waals surface area contributed by atoms with Crippen molar-refractivity contribution in [3.05, 3.63) is 108 Å². The zero-order valence-corrected chi connectivity index (χ0v) is 17.7. The van der Waals surface area contributed by atoms with E-state index in [1.165, 1.54) is 0 Å². The summed E-state index contributed by atoms with van der Waals surface area (Å²) < 4.78 is 18.8. The van der Waals surface area contributed by atoms with Crippen LogP contribution in [0.2, 0.25) is 0 Å². The Morgan fingerprint density at radius 3 is 1.45 bits per heavy atom. The first kappa shape index (κ1) is 21.7. The van der Waals surface area contributed by atoms with Crippen LogP contribution in [0, 0.1) is 0 Å². The molecule has 0 radical (unpaired) electrons. The maximum atomic E-state index is 10.8. The van der Waals surface area contributed by atoms with Gasteiger partial charge in [0.1, 0.15) is 12.2 Å². The number of hydrogen-bond acceptors (Lipinski definition) is 4. The van der Waals surface area contributed by atoms with Gasteiger partial charge >= 0.3 is 0 Å². The first-order chi connectivity index (χ1) is 15.3. The second-order valence-corrected chi connectivity index (χ2v) is 8.00. The molecule has 3 aromatic rings. The van der Waals surface area contributed by atoms with Crippen molar-refractivity contribution in [2.75, 3.05) is 0 Å². The average Bonchev–Trinajstić information content (AvgIpc) is 2.83. The Morgan fingerprint density at radius 2 is 0.968 bits per heavy atom.